The van der Waals surface area contributed by atoms with Crippen LogP contribution in [0.2, 0.25) is 0 Å². The van der Waals surface area contributed by atoms with Crippen molar-refractivity contribution >= 4 is 11.8 Å². The summed E-state index contributed by atoms with van der Waals surface area (Å²) >= 11 is 2.05. The zero-order valence-electron chi connectivity index (χ0n) is 11.3. The predicted octanol–water partition coefficient (Wildman–Crippen LogP) is 3.52. The van der Waals surface area contributed by atoms with E-state index in [1.165, 1.54) is 29.1 Å². The van der Waals surface area contributed by atoms with Crippen molar-refractivity contribution in [2.24, 2.45) is 0 Å². The first kappa shape index (κ1) is 14.6. The summed E-state index contributed by atoms with van der Waals surface area (Å²) in [4.78, 5) is 0. The Kier molecular flexibility index (Phi) is 7.38. The van der Waals surface area contributed by atoms with Crippen LogP contribution in [0.1, 0.15) is 31.4 Å². The summed E-state index contributed by atoms with van der Waals surface area (Å²) in [5.74, 6) is 2.48. The van der Waals surface area contributed by atoms with E-state index >= 15 is 0 Å². The standard InChI is InChI=1S/C15H25NS/c1-4-10-17-12-15(16-3)11-14-8-6-13(5-2)7-9-14/h6-9,15-16H,4-5,10-12H2,1-3H3. The molecule has 0 saturated heterocycles. The molecular weight excluding hydrogens is 226 g/mol. The van der Waals surface area contributed by atoms with Crippen LogP contribution >= 0.6 is 11.8 Å². The highest BCUT2D eigenvalue weighted by Gasteiger charge is 2.06. The first-order valence-corrected chi connectivity index (χ1v) is 7.78. The number of hydrogen-bond acceptors (Lipinski definition) is 2. The Bertz CT molecular complexity index is 294. The van der Waals surface area contributed by atoms with Gasteiger partial charge in [0.1, 0.15) is 0 Å². The van der Waals surface area contributed by atoms with Gasteiger partial charge in [0, 0.05) is 11.8 Å². The van der Waals surface area contributed by atoms with Gasteiger partial charge in [-0.05, 0) is 43.2 Å². The van der Waals surface area contributed by atoms with Crippen LogP contribution in [-0.4, -0.2) is 24.6 Å². The van der Waals surface area contributed by atoms with Crippen LogP contribution in [-0.2, 0) is 12.8 Å². The lowest BCUT2D eigenvalue weighted by atomic mass is 10.0. The molecule has 1 unspecified atom stereocenters. The van der Waals surface area contributed by atoms with E-state index < -0.39 is 0 Å². The van der Waals surface area contributed by atoms with Gasteiger partial charge >= 0.3 is 0 Å². The number of aryl methyl sites for hydroxylation is 1. The summed E-state index contributed by atoms with van der Waals surface area (Å²) < 4.78 is 0. The lowest BCUT2D eigenvalue weighted by Gasteiger charge is -2.16. The molecule has 1 aromatic carbocycles. The van der Waals surface area contributed by atoms with Gasteiger partial charge in [0.15, 0.2) is 0 Å². The van der Waals surface area contributed by atoms with Crippen molar-refractivity contribution in [2.45, 2.75) is 39.2 Å². The van der Waals surface area contributed by atoms with E-state index in [1.807, 2.05) is 0 Å². The largest absolute Gasteiger partial charge is 0.316 e. The molecule has 0 aromatic heterocycles. The fourth-order valence-corrected chi connectivity index (χ4v) is 2.83. The Labute approximate surface area is 110 Å². The van der Waals surface area contributed by atoms with E-state index in [-0.39, 0.29) is 0 Å². The number of likely N-dealkylation sites (N-methyl/N-ethyl adjacent to an activating group) is 1. The summed E-state index contributed by atoms with van der Waals surface area (Å²) in [5, 5.41) is 3.42. The van der Waals surface area contributed by atoms with Crippen molar-refractivity contribution in [1.82, 2.24) is 5.32 Å². The summed E-state index contributed by atoms with van der Waals surface area (Å²) in [6, 6.07) is 9.64. The van der Waals surface area contributed by atoms with Gasteiger partial charge in [0.25, 0.3) is 0 Å². The van der Waals surface area contributed by atoms with Crippen LogP contribution in [0.5, 0.6) is 0 Å². The minimum Gasteiger partial charge on any atom is -0.316 e. The normalized spacial score (nSPS) is 12.6. The number of benzene rings is 1. The number of hydrogen-bond donors (Lipinski definition) is 1. The first-order chi connectivity index (χ1) is 8.30. The molecule has 0 fully saturated rings. The van der Waals surface area contributed by atoms with Crippen molar-refractivity contribution in [2.75, 3.05) is 18.6 Å². The topological polar surface area (TPSA) is 12.0 Å². The third-order valence-corrected chi connectivity index (χ3v) is 4.32. The fourth-order valence-electron chi connectivity index (χ4n) is 1.81. The number of rotatable bonds is 8. The molecule has 0 bridgehead atoms. The quantitative estimate of drug-likeness (QED) is 0.710. The lowest BCUT2D eigenvalue weighted by molar-refractivity contribution is 0.617. The molecule has 0 saturated carbocycles. The molecule has 0 amide bonds. The molecule has 0 spiro atoms. The van der Waals surface area contributed by atoms with Crippen LogP contribution in [0.25, 0.3) is 0 Å². The van der Waals surface area contributed by atoms with Gasteiger partial charge in [-0.1, -0.05) is 38.1 Å². The fraction of sp³-hybridized carbons (Fsp3) is 0.600. The van der Waals surface area contributed by atoms with Crippen molar-refractivity contribution < 1.29 is 0 Å². The van der Waals surface area contributed by atoms with E-state index in [2.05, 4.69) is 62.2 Å². The van der Waals surface area contributed by atoms with Crippen LogP contribution in [0, 0.1) is 0 Å². The molecule has 0 heterocycles. The Morgan fingerprint density at radius 2 is 1.76 bits per heavy atom. The van der Waals surface area contributed by atoms with Gasteiger partial charge in [-0.3, -0.25) is 0 Å². The average molecular weight is 251 g/mol. The van der Waals surface area contributed by atoms with Crippen molar-refractivity contribution in [3.05, 3.63) is 35.4 Å². The highest BCUT2D eigenvalue weighted by molar-refractivity contribution is 7.99. The highest BCUT2D eigenvalue weighted by Crippen LogP contribution is 2.11. The third kappa shape index (κ3) is 5.60. The molecule has 0 aliphatic heterocycles. The van der Waals surface area contributed by atoms with Gasteiger partial charge < -0.3 is 5.32 Å². The lowest BCUT2D eigenvalue weighted by Crippen LogP contribution is -2.30. The van der Waals surface area contributed by atoms with Crippen LogP contribution in [0.15, 0.2) is 24.3 Å². The summed E-state index contributed by atoms with van der Waals surface area (Å²) in [6.45, 7) is 4.44. The molecule has 1 atom stereocenters. The van der Waals surface area contributed by atoms with E-state index in [0.29, 0.717) is 6.04 Å². The predicted molar refractivity (Wildman–Crippen MR) is 80.0 cm³/mol. The van der Waals surface area contributed by atoms with Gasteiger partial charge in [-0.15, -0.1) is 0 Å². The summed E-state index contributed by atoms with van der Waals surface area (Å²) in [5.41, 5.74) is 2.87. The molecule has 0 radical (unpaired) electrons. The maximum atomic E-state index is 3.42. The molecule has 0 aliphatic rings. The van der Waals surface area contributed by atoms with Gasteiger partial charge in [0.2, 0.25) is 0 Å². The Hall–Kier alpha value is -0.470. The van der Waals surface area contributed by atoms with Gasteiger partial charge in [-0.25, -0.2) is 0 Å². The zero-order valence-corrected chi connectivity index (χ0v) is 12.1. The van der Waals surface area contributed by atoms with Crippen molar-refractivity contribution in [3.63, 3.8) is 0 Å². The maximum absolute atomic E-state index is 3.42. The molecule has 1 rings (SSSR count). The molecule has 1 nitrogen and oxygen atoms in total. The maximum Gasteiger partial charge on any atom is 0.0195 e. The van der Waals surface area contributed by atoms with Crippen molar-refractivity contribution in [3.8, 4) is 0 Å². The van der Waals surface area contributed by atoms with E-state index in [9.17, 15) is 0 Å². The summed E-state index contributed by atoms with van der Waals surface area (Å²) in [7, 11) is 2.07. The van der Waals surface area contributed by atoms with E-state index in [1.54, 1.807) is 0 Å². The number of nitrogens with one attached hydrogen (secondary N) is 1. The smallest absolute Gasteiger partial charge is 0.0195 e. The molecule has 0 aliphatic carbocycles. The minimum atomic E-state index is 0.596. The number of thioether (sulfide) groups is 1. The summed E-state index contributed by atoms with van der Waals surface area (Å²) in [6.07, 6.45) is 3.53. The third-order valence-electron chi connectivity index (χ3n) is 2.99. The molecule has 2 heteroatoms. The average Bonchev–Trinajstić information content (AvgIpc) is 2.38. The molecule has 1 N–H and O–H groups in total. The van der Waals surface area contributed by atoms with Crippen LogP contribution in [0.4, 0.5) is 0 Å². The monoisotopic (exact) mass is 251 g/mol. The Morgan fingerprint density at radius 1 is 1.12 bits per heavy atom. The Balaban J connectivity index is 2.43. The second-order valence-corrected chi connectivity index (χ2v) is 5.58. The second kappa shape index (κ2) is 8.60. The molecule has 1 aromatic rings. The SMILES string of the molecule is CCCSCC(Cc1ccc(CC)cc1)NC. The molecule has 96 valence electrons. The van der Waals surface area contributed by atoms with Gasteiger partial charge in [-0.2, -0.15) is 11.8 Å². The van der Waals surface area contributed by atoms with Crippen LogP contribution in [0.3, 0.4) is 0 Å². The minimum absolute atomic E-state index is 0.596. The zero-order chi connectivity index (χ0) is 12.5. The Morgan fingerprint density at radius 3 is 2.29 bits per heavy atom. The second-order valence-electron chi connectivity index (χ2n) is 4.43. The van der Waals surface area contributed by atoms with E-state index in [4.69, 9.17) is 0 Å². The van der Waals surface area contributed by atoms with Crippen molar-refractivity contribution in [1.29, 1.82) is 0 Å². The molecule has 17 heavy (non-hydrogen) atoms. The highest BCUT2D eigenvalue weighted by atomic mass is 32.2. The first-order valence-electron chi connectivity index (χ1n) is 6.63. The van der Waals surface area contributed by atoms with Crippen LogP contribution < -0.4 is 5.32 Å². The molecular formula is C15H25NS. The van der Waals surface area contributed by atoms with Gasteiger partial charge in [0.05, 0.1) is 0 Å². The van der Waals surface area contributed by atoms with E-state index in [0.717, 1.165) is 12.8 Å².